The van der Waals surface area contributed by atoms with Crippen molar-refractivity contribution in [2.45, 2.75) is 64.8 Å². The Labute approximate surface area is 231 Å². The lowest BCUT2D eigenvalue weighted by molar-refractivity contribution is -0.210. The number of hydroxylamine groups is 2. The van der Waals surface area contributed by atoms with E-state index < -0.39 is 5.97 Å². The van der Waals surface area contributed by atoms with Crippen LogP contribution in [0.5, 0.6) is 5.88 Å². The first kappa shape index (κ1) is 27.1. The number of carbonyl (C=O) groups excluding carboxylic acids is 2. The summed E-state index contributed by atoms with van der Waals surface area (Å²) in [7, 11) is 0. The fraction of sp³-hybridized carbons (Fsp3) is 0.393. The molecule has 0 aliphatic heterocycles. The molecule has 1 aliphatic carbocycles. The van der Waals surface area contributed by atoms with Gasteiger partial charge in [-0.3, -0.25) is 9.63 Å². The van der Waals surface area contributed by atoms with Crippen LogP contribution in [0.25, 0.3) is 0 Å². The minimum absolute atomic E-state index is 0.000294. The van der Waals surface area contributed by atoms with Gasteiger partial charge in [0.1, 0.15) is 19.8 Å². The maximum Gasteiger partial charge on any atom is 0.358 e. The Morgan fingerprint density at radius 2 is 1.76 bits per heavy atom. The Bertz CT molecular complexity index is 1180. The summed E-state index contributed by atoms with van der Waals surface area (Å²) in [6.07, 6.45) is 5.06. The molecule has 8 nitrogen and oxygen atoms in total. The van der Waals surface area contributed by atoms with Crippen LogP contribution in [-0.2, 0) is 34.1 Å². The number of rotatable bonds is 11. The second-order valence-electron chi connectivity index (χ2n) is 8.90. The molecule has 37 heavy (non-hydrogen) atoms. The van der Waals surface area contributed by atoms with Crippen LogP contribution >= 0.6 is 22.6 Å². The molecule has 0 spiro atoms. The molecule has 1 heterocycles. The van der Waals surface area contributed by atoms with E-state index in [0.717, 1.165) is 46.8 Å². The van der Waals surface area contributed by atoms with Gasteiger partial charge < -0.3 is 9.47 Å². The first-order valence-electron chi connectivity index (χ1n) is 12.6. The Morgan fingerprint density at radius 3 is 2.49 bits per heavy atom. The monoisotopic (exact) mass is 617 g/mol. The van der Waals surface area contributed by atoms with Gasteiger partial charge in [0.15, 0.2) is 5.69 Å². The van der Waals surface area contributed by atoms with Gasteiger partial charge in [-0.2, -0.15) is 5.10 Å². The van der Waals surface area contributed by atoms with Crippen LogP contribution in [0.1, 0.15) is 60.6 Å². The van der Waals surface area contributed by atoms with Crippen LogP contribution in [0, 0.1) is 3.57 Å². The quantitative estimate of drug-likeness (QED) is 0.160. The van der Waals surface area contributed by atoms with Crippen molar-refractivity contribution >= 4 is 34.5 Å². The number of ether oxygens (including phenoxy) is 2. The highest BCUT2D eigenvalue weighted by molar-refractivity contribution is 14.1. The van der Waals surface area contributed by atoms with Crippen molar-refractivity contribution in [1.29, 1.82) is 0 Å². The number of esters is 1. The van der Waals surface area contributed by atoms with E-state index in [2.05, 4.69) is 27.7 Å². The molecule has 1 aromatic heterocycles. The summed E-state index contributed by atoms with van der Waals surface area (Å²) in [6.45, 7) is 2.42. The number of amides is 1. The molecule has 1 aliphatic rings. The predicted octanol–water partition coefficient (Wildman–Crippen LogP) is 5.54. The second-order valence-corrected chi connectivity index (χ2v) is 10.1. The highest BCUT2D eigenvalue weighted by atomic mass is 127. The molecule has 0 radical (unpaired) electrons. The van der Waals surface area contributed by atoms with Crippen molar-refractivity contribution in [2.24, 2.45) is 0 Å². The number of hydrogen-bond acceptors (Lipinski definition) is 6. The average Bonchev–Trinajstić information content (AvgIpc) is 3.32. The molecular weight excluding hydrogens is 585 g/mol. The fourth-order valence-corrected chi connectivity index (χ4v) is 4.86. The maximum absolute atomic E-state index is 13.6. The third kappa shape index (κ3) is 7.54. The van der Waals surface area contributed by atoms with E-state index in [1.54, 1.807) is 6.92 Å². The normalized spacial score (nSPS) is 13.8. The molecule has 0 unspecified atom stereocenters. The molecule has 196 valence electrons. The van der Waals surface area contributed by atoms with Crippen LogP contribution in [0.15, 0.2) is 60.7 Å². The van der Waals surface area contributed by atoms with Gasteiger partial charge in [-0.1, -0.05) is 67.8 Å². The van der Waals surface area contributed by atoms with Crippen molar-refractivity contribution < 1.29 is 23.9 Å². The minimum Gasteiger partial charge on any atom is -0.473 e. The number of halogens is 1. The topological polar surface area (TPSA) is 82.9 Å². The Morgan fingerprint density at radius 1 is 1.03 bits per heavy atom. The Kier molecular flexibility index (Phi) is 9.95. The number of benzene rings is 2. The Balaban J connectivity index is 1.53. The van der Waals surface area contributed by atoms with E-state index in [9.17, 15) is 9.59 Å². The highest BCUT2D eigenvalue weighted by Gasteiger charge is 2.28. The molecule has 3 aromatic rings. The SMILES string of the molecule is CCOC(=O)c1cc(OCc2ccccc2I)n(CC(=O)N(OCc2ccccc2)C2CCCCC2)n1. The molecule has 1 amide bonds. The first-order valence-corrected chi connectivity index (χ1v) is 13.7. The summed E-state index contributed by atoms with van der Waals surface area (Å²) < 4.78 is 13.6. The fourth-order valence-electron chi connectivity index (χ4n) is 4.31. The summed E-state index contributed by atoms with van der Waals surface area (Å²) in [5, 5.41) is 5.88. The van der Waals surface area contributed by atoms with Crippen LogP contribution < -0.4 is 4.74 Å². The van der Waals surface area contributed by atoms with Crippen molar-refractivity contribution in [1.82, 2.24) is 14.8 Å². The average molecular weight is 617 g/mol. The molecule has 0 atom stereocenters. The molecule has 1 saturated carbocycles. The van der Waals surface area contributed by atoms with Crippen molar-refractivity contribution in [2.75, 3.05) is 6.61 Å². The third-order valence-electron chi connectivity index (χ3n) is 6.21. The van der Waals surface area contributed by atoms with Gasteiger partial charge in [0.25, 0.3) is 5.91 Å². The van der Waals surface area contributed by atoms with E-state index >= 15 is 0 Å². The zero-order chi connectivity index (χ0) is 26.0. The van der Waals surface area contributed by atoms with Crippen LogP contribution in [0.3, 0.4) is 0 Å². The van der Waals surface area contributed by atoms with Gasteiger partial charge >= 0.3 is 5.97 Å². The van der Waals surface area contributed by atoms with E-state index in [-0.39, 0.29) is 37.4 Å². The molecule has 0 saturated heterocycles. The predicted molar refractivity (Wildman–Crippen MR) is 147 cm³/mol. The van der Waals surface area contributed by atoms with Crippen LogP contribution in [0.4, 0.5) is 0 Å². The molecule has 9 heteroatoms. The van der Waals surface area contributed by atoms with E-state index in [1.807, 2.05) is 54.6 Å². The number of nitrogens with zero attached hydrogens (tertiary/aromatic N) is 3. The van der Waals surface area contributed by atoms with E-state index in [0.29, 0.717) is 12.5 Å². The standard InChI is InChI=1S/C28H32IN3O5/c1-2-35-28(34)25-17-27(36-20-22-13-9-10-16-24(22)29)31(30-25)18-26(33)32(23-14-7-4-8-15-23)37-19-21-11-5-3-6-12-21/h3,5-6,9-13,16-17,23H,2,4,7-8,14-15,18-20H2,1H3. The zero-order valence-corrected chi connectivity index (χ0v) is 23.1. The lowest BCUT2D eigenvalue weighted by Gasteiger charge is -2.33. The summed E-state index contributed by atoms with van der Waals surface area (Å²) in [6, 6.07) is 19.2. The van der Waals surface area contributed by atoms with Crippen LogP contribution in [-0.4, -0.2) is 39.4 Å². The molecular formula is C28H32IN3O5. The lowest BCUT2D eigenvalue weighted by atomic mass is 9.95. The first-order chi connectivity index (χ1) is 18.0. The van der Waals surface area contributed by atoms with Gasteiger partial charge in [0.2, 0.25) is 5.88 Å². The van der Waals surface area contributed by atoms with Crippen molar-refractivity contribution in [3.63, 3.8) is 0 Å². The van der Waals surface area contributed by atoms with Crippen molar-refractivity contribution in [3.8, 4) is 5.88 Å². The lowest BCUT2D eigenvalue weighted by Crippen LogP contribution is -2.43. The largest absolute Gasteiger partial charge is 0.473 e. The van der Waals surface area contributed by atoms with Gasteiger partial charge in [-0.15, -0.1) is 0 Å². The number of carbonyl (C=O) groups is 2. The number of aromatic nitrogens is 2. The molecule has 4 rings (SSSR count). The third-order valence-corrected chi connectivity index (χ3v) is 7.26. The molecule has 0 N–H and O–H groups in total. The molecule has 0 bridgehead atoms. The van der Waals surface area contributed by atoms with Gasteiger partial charge in [0, 0.05) is 15.2 Å². The van der Waals surface area contributed by atoms with Gasteiger partial charge in [0.05, 0.1) is 12.6 Å². The summed E-state index contributed by atoms with van der Waals surface area (Å²) >= 11 is 2.25. The molecule has 1 fully saturated rings. The minimum atomic E-state index is -0.558. The summed E-state index contributed by atoms with van der Waals surface area (Å²) in [5.41, 5.74) is 2.08. The summed E-state index contributed by atoms with van der Waals surface area (Å²) in [4.78, 5) is 32.1. The highest BCUT2D eigenvalue weighted by Crippen LogP contribution is 2.25. The van der Waals surface area contributed by atoms with E-state index in [1.165, 1.54) is 15.8 Å². The van der Waals surface area contributed by atoms with Gasteiger partial charge in [-0.05, 0) is 54.0 Å². The maximum atomic E-state index is 13.6. The second kappa shape index (κ2) is 13.6. The van der Waals surface area contributed by atoms with Crippen molar-refractivity contribution in [3.05, 3.63) is 81.1 Å². The van der Waals surface area contributed by atoms with E-state index in [4.69, 9.17) is 14.3 Å². The van der Waals surface area contributed by atoms with Gasteiger partial charge in [-0.25, -0.2) is 14.5 Å². The zero-order valence-electron chi connectivity index (χ0n) is 21.0. The number of hydrogen-bond donors (Lipinski definition) is 0. The smallest absolute Gasteiger partial charge is 0.358 e. The summed E-state index contributed by atoms with van der Waals surface area (Å²) in [5.74, 6) is -0.472. The van der Waals surface area contributed by atoms with Crippen LogP contribution in [0.2, 0.25) is 0 Å². The Hall–Kier alpha value is -2.92. The molecule has 2 aromatic carbocycles.